The Kier molecular flexibility index (Phi) is 7.62. The van der Waals surface area contributed by atoms with Crippen molar-refractivity contribution in [2.75, 3.05) is 6.61 Å². The fraction of sp³-hybridized carbons (Fsp3) is 0.750. The van der Waals surface area contributed by atoms with Crippen molar-refractivity contribution in [2.45, 2.75) is 120 Å². The zero-order valence-electron chi connectivity index (χ0n) is 24.9. The van der Waals surface area contributed by atoms with Gasteiger partial charge in [-0.05, 0) is 80.8 Å². The van der Waals surface area contributed by atoms with E-state index < -0.39 is 77.0 Å². The molecule has 2 heterocycles. The highest BCUT2D eigenvalue weighted by Crippen LogP contribution is 2.72. The molecule has 1 aromatic rings. The van der Waals surface area contributed by atoms with Gasteiger partial charge < -0.3 is 44.5 Å². The molecule has 4 aliphatic carbocycles. The van der Waals surface area contributed by atoms with Crippen molar-refractivity contribution in [3.05, 3.63) is 46.0 Å². The Morgan fingerprint density at radius 1 is 1.02 bits per heavy atom. The average molecular weight is 605 g/mol. The molecule has 13 atom stereocenters. The van der Waals surface area contributed by atoms with Gasteiger partial charge in [0, 0.05) is 17.4 Å². The first kappa shape index (κ1) is 31.0. The summed E-state index contributed by atoms with van der Waals surface area (Å²) in [5.41, 5.74) is -3.14. The third kappa shape index (κ3) is 4.38. The molecule has 0 aromatic carbocycles. The number of aliphatic hydroxyl groups is 6. The number of Topliss-reactive ketones (excluding diaryl/α,β-unsaturated/α-hetero) is 1. The summed E-state index contributed by atoms with van der Waals surface area (Å²) in [4.78, 5) is 24.9. The molecule has 43 heavy (non-hydrogen) atoms. The molecular formula is C32H44O11. The van der Waals surface area contributed by atoms with Gasteiger partial charge >= 0.3 is 5.63 Å². The van der Waals surface area contributed by atoms with Gasteiger partial charge in [0.25, 0.3) is 0 Å². The Balaban J connectivity index is 1.32. The summed E-state index contributed by atoms with van der Waals surface area (Å²) in [6.45, 7) is 4.99. The predicted octanol–water partition coefficient (Wildman–Crippen LogP) is 0.916. The molecule has 0 amide bonds. The first-order chi connectivity index (χ1) is 20.2. The van der Waals surface area contributed by atoms with Crippen LogP contribution in [0.1, 0.15) is 77.2 Å². The lowest BCUT2D eigenvalue weighted by Crippen LogP contribution is -2.73. The number of carbonyl (C=O) groups excluding carboxylic acids is 1. The Bertz CT molecular complexity index is 1320. The molecule has 0 radical (unpaired) electrons. The lowest BCUT2D eigenvalue weighted by Gasteiger charge is -2.67. The lowest BCUT2D eigenvalue weighted by molar-refractivity contribution is -0.310. The van der Waals surface area contributed by atoms with Gasteiger partial charge in [-0.2, -0.15) is 0 Å². The number of fused-ring (bicyclic) bond motifs is 5. The standard InChI is InChI=1S/C32H44O11/c1-16(34)19-13-31(39)23(8-10-30(3)20(7-11-32(30,31)40)17-4-5-24(35)41-15-17)29(2)9-6-18(12-21(19)29)42-28-27(38)26(37)25(36)22(14-33)43-28/h4-5,12,15,18-20,22-23,25-28,33,36-40H,6-11,13-14H2,1-3H3/t18-,19-,20+,22?,23+,25+,26-,27?,28+,29-,30+,31-,32+/m0/s1. The van der Waals surface area contributed by atoms with Crippen LogP contribution in [0.3, 0.4) is 0 Å². The minimum absolute atomic E-state index is 0.0594. The zero-order chi connectivity index (χ0) is 31.1. The van der Waals surface area contributed by atoms with E-state index in [0.29, 0.717) is 38.5 Å². The van der Waals surface area contributed by atoms with Gasteiger partial charge in [0.15, 0.2) is 6.29 Å². The number of aliphatic hydroxyl groups excluding tert-OH is 4. The second-order valence-corrected chi connectivity index (χ2v) is 14.1. The average Bonchev–Trinajstić information content (AvgIpc) is 3.25. The van der Waals surface area contributed by atoms with E-state index in [1.807, 2.05) is 13.0 Å². The maximum atomic E-state index is 13.2. The molecule has 11 nitrogen and oxygen atoms in total. The summed E-state index contributed by atoms with van der Waals surface area (Å²) in [6.07, 6.45) is -0.969. The lowest BCUT2D eigenvalue weighted by atomic mass is 9.41. The molecular weight excluding hydrogens is 560 g/mol. The molecule has 6 N–H and O–H groups in total. The third-order valence-corrected chi connectivity index (χ3v) is 12.2. The van der Waals surface area contributed by atoms with E-state index in [1.165, 1.54) is 19.3 Å². The van der Waals surface area contributed by atoms with E-state index in [0.717, 1.165) is 11.1 Å². The number of hydrogen-bond donors (Lipinski definition) is 6. The molecule has 2 unspecified atom stereocenters. The highest BCUT2D eigenvalue weighted by atomic mass is 16.7. The normalized spacial score (nSPS) is 49.4. The van der Waals surface area contributed by atoms with Crippen molar-refractivity contribution >= 4 is 5.78 Å². The van der Waals surface area contributed by atoms with Gasteiger partial charge in [-0.3, -0.25) is 4.79 Å². The van der Waals surface area contributed by atoms with Crippen LogP contribution >= 0.6 is 0 Å². The van der Waals surface area contributed by atoms with Crippen LogP contribution in [-0.4, -0.2) is 91.0 Å². The molecule has 1 saturated heterocycles. The van der Waals surface area contributed by atoms with Gasteiger partial charge in [0.2, 0.25) is 0 Å². The van der Waals surface area contributed by atoms with Crippen LogP contribution in [0.5, 0.6) is 0 Å². The Hall–Kier alpha value is -1.96. The van der Waals surface area contributed by atoms with Crippen LogP contribution in [-0.2, 0) is 14.3 Å². The summed E-state index contributed by atoms with van der Waals surface area (Å²) < 4.78 is 16.8. The number of carbonyl (C=O) groups is 1. The van der Waals surface area contributed by atoms with Crippen molar-refractivity contribution in [1.82, 2.24) is 0 Å². The van der Waals surface area contributed by atoms with Gasteiger partial charge in [0.1, 0.15) is 30.2 Å². The number of rotatable bonds is 5. The topological polar surface area (TPSA) is 187 Å². The maximum absolute atomic E-state index is 13.2. The number of ether oxygens (including phenoxy) is 2. The van der Waals surface area contributed by atoms with E-state index in [-0.39, 0.29) is 24.0 Å². The summed E-state index contributed by atoms with van der Waals surface area (Å²) >= 11 is 0. The number of allylic oxidation sites excluding steroid dienone is 1. The van der Waals surface area contributed by atoms with Crippen molar-refractivity contribution < 1.29 is 49.3 Å². The third-order valence-electron chi connectivity index (χ3n) is 12.2. The highest BCUT2D eigenvalue weighted by Gasteiger charge is 2.74. The molecule has 0 spiro atoms. The minimum atomic E-state index is -1.56. The second kappa shape index (κ2) is 10.6. The molecule has 11 heteroatoms. The largest absolute Gasteiger partial charge is 0.431 e. The molecule has 1 aliphatic heterocycles. The Morgan fingerprint density at radius 3 is 2.42 bits per heavy atom. The first-order valence-corrected chi connectivity index (χ1v) is 15.4. The van der Waals surface area contributed by atoms with Crippen molar-refractivity contribution in [1.29, 1.82) is 0 Å². The van der Waals surface area contributed by atoms with Crippen LogP contribution in [0.15, 0.2) is 39.3 Å². The van der Waals surface area contributed by atoms with Crippen molar-refractivity contribution in [2.24, 2.45) is 22.7 Å². The Labute approximate surface area is 250 Å². The van der Waals surface area contributed by atoms with Crippen LogP contribution in [0.4, 0.5) is 0 Å². The van der Waals surface area contributed by atoms with Gasteiger partial charge in [-0.15, -0.1) is 0 Å². The van der Waals surface area contributed by atoms with Gasteiger partial charge in [-0.1, -0.05) is 25.5 Å². The molecule has 4 fully saturated rings. The second-order valence-electron chi connectivity index (χ2n) is 14.1. The monoisotopic (exact) mass is 604 g/mol. The highest BCUT2D eigenvalue weighted by molar-refractivity contribution is 5.82. The first-order valence-electron chi connectivity index (χ1n) is 15.4. The van der Waals surface area contributed by atoms with E-state index in [4.69, 9.17) is 13.9 Å². The Morgan fingerprint density at radius 2 is 1.77 bits per heavy atom. The van der Waals surface area contributed by atoms with E-state index in [1.54, 1.807) is 6.07 Å². The molecule has 0 bridgehead atoms. The van der Waals surface area contributed by atoms with Gasteiger partial charge in [0.05, 0.1) is 30.2 Å². The minimum Gasteiger partial charge on any atom is -0.431 e. The molecule has 238 valence electrons. The van der Waals surface area contributed by atoms with Gasteiger partial charge in [-0.25, -0.2) is 4.79 Å². The molecule has 5 aliphatic rings. The number of hydrogen-bond acceptors (Lipinski definition) is 11. The summed E-state index contributed by atoms with van der Waals surface area (Å²) in [5.74, 6) is -1.27. The van der Waals surface area contributed by atoms with Crippen LogP contribution in [0.2, 0.25) is 0 Å². The summed E-state index contributed by atoms with van der Waals surface area (Å²) in [5, 5.41) is 65.8. The molecule has 3 saturated carbocycles. The van der Waals surface area contributed by atoms with Crippen LogP contribution < -0.4 is 5.63 Å². The fourth-order valence-corrected chi connectivity index (χ4v) is 9.76. The SMILES string of the molecule is CC(=O)[C@@H]1C[C@]2(O)[C@H](CC[C@]3(C)[C@@H](c4ccc(=O)oc4)CC[C@@]32O)[C@@]2(C)CC[C@H](O[C@@H]3OC(CO)[C@@H](O)[C@H](O)C3O)C=C12. The van der Waals surface area contributed by atoms with Crippen LogP contribution in [0, 0.1) is 22.7 Å². The summed E-state index contributed by atoms with van der Waals surface area (Å²) in [7, 11) is 0. The fourth-order valence-electron chi connectivity index (χ4n) is 9.76. The zero-order valence-corrected chi connectivity index (χ0v) is 24.9. The molecule has 6 rings (SSSR count). The van der Waals surface area contributed by atoms with E-state index in [9.17, 15) is 40.2 Å². The predicted molar refractivity (Wildman–Crippen MR) is 151 cm³/mol. The van der Waals surface area contributed by atoms with Crippen molar-refractivity contribution in [3.63, 3.8) is 0 Å². The smallest absolute Gasteiger partial charge is 0.335 e. The summed E-state index contributed by atoms with van der Waals surface area (Å²) in [6, 6.07) is 3.12. The maximum Gasteiger partial charge on any atom is 0.335 e. The van der Waals surface area contributed by atoms with E-state index in [2.05, 4.69) is 6.92 Å². The quantitative estimate of drug-likeness (QED) is 0.262. The van der Waals surface area contributed by atoms with Crippen molar-refractivity contribution in [3.8, 4) is 0 Å². The molecule has 1 aromatic heterocycles. The number of ketones is 1. The van der Waals surface area contributed by atoms with Crippen LogP contribution in [0.25, 0.3) is 0 Å². The van der Waals surface area contributed by atoms with E-state index >= 15 is 0 Å².